The standard InChI is InChI=1S/C31H40N2O5/c1-4-37-29(34)17-11-9-7-5-6-8-10-14-22-32-27-16-13-12-15-26(27)30(2,3)31(32)21-20-24-23-25(33(35)36)18-19-28(24)38-31/h12-13,15-16,18-21,23H,4-11,14,17,22H2,1-3H3. The van der Waals surface area contributed by atoms with Crippen LogP contribution in [0.2, 0.25) is 0 Å². The Morgan fingerprint density at radius 1 is 1.00 bits per heavy atom. The summed E-state index contributed by atoms with van der Waals surface area (Å²) < 4.78 is 11.8. The topological polar surface area (TPSA) is 81.9 Å². The predicted octanol–water partition coefficient (Wildman–Crippen LogP) is 7.57. The Labute approximate surface area is 226 Å². The minimum Gasteiger partial charge on any atom is -0.466 e. The van der Waals surface area contributed by atoms with Crippen LogP contribution in [0.3, 0.4) is 0 Å². The molecule has 0 bridgehead atoms. The van der Waals surface area contributed by atoms with Gasteiger partial charge in [0.05, 0.1) is 16.9 Å². The van der Waals surface area contributed by atoms with E-state index in [1.165, 1.54) is 36.6 Å². The lowest BCUT2D eigenvalue weighted by Gasteiger charge is -2.47. The number of nitro benzene ring substituents is 1. The van der Waals surface area contributed by atoms with Crippen LogP contribution >= 0.6 is 0 Å². The molecule has 2 aliphatic rings. The van der Waals surface area contributed by atoms with Crippen molar-refractivity contribution in [2.45, 2.75) is 89.7 Å². The van der Waals surface area contributed by atoms with Crippen LogP contribution in [-0.4, -0.2) is 29.8 Å². The van der Waals surface area contributed by atoms with Gasteiger partial charge in [-0.1, -0.05) is 56.7 Å². The molecular formula is C31H40N2O5. The van der Waals surface area contributed by atoms with Gasteiger partial charge in [0.15, 0.2) is 0 Å². The van der Waals surface area contributed by atoms with Gasteiger partial charge in [0, 0.05) is 36.3 Å². The van der Waals surface area contributed by atoms with Gasteiger partial charge in [0.1, 0.15) is 5.75 Å². The molecule has 4 rings (SSSR count). The van der Waals surface area contributed by atoms with E-state index in [9.17, 15) is 14.9 Å². The fourth-order valence-corrected chi connectivity index (χ4v) is 5.82. The number of non-ortho nitro benzene ring substituents is 1. The van der Waals surface area contributed by atoms with E-state index in [0.717, 1.165) is 44.2 Å². The third-order valence-corrected chi connectivity index (χ3v) is 7.94. The summed E-state index contributed by atoms with van der Waals surface area (Å²) in [5.74, 6) is 0.588. The minimum atomic E-state index is -0.696. The van der Waals surface area contributed by atoms with Crippen LogP contribution in [0.25, 0.3) is 6.08 Å². The quantitative estimate of drug-likeness (QED) is 0.117. The van der Waals surface area contributed by atoms with Crippen molar-refractivity contribution in [3.05, 3.63) is 69.8 Å². The number of anilines is 1. The molecule has 0 amide bonds. The molecule has 7 nitrogen and oxygen atoms in total. The first-order valence-electron chi connectivity index (χ1n) is 14.0. The normalized spacial score (nSPS) is 18.7. The number of carbonyl (C=O) groups is 1. The number of ether oxygens (including phenoxy) is 2. The molecule has 0 saturated heterocycles. The molecule has 0 radical (unpaired) electrons. The van der Waals surface area contributed by atoms with Gasteiger partial charge in [0.25, 0.3) is 5.69 Å². The highest BCUT2D eigenvalue weighted by Crippen LogP contribution is 2.55. The van der Waals surface area contributed by atoms with Crippen molar-refractivity contribution in [1.29, 1.82) is 0 Å². The maximum atomic E-state index is 11.4. The molecule has 2 heterocycles. The fourth-order valence-electron chi connectivity index (χ4n) is 5.82. The molecule has 2 aliphatic heterocycles. The molecule has 1 unspecified atom stereocenters. The Bertz CT molecular complexity index is 1170. The summed E-state index contributed by atoms with van der Waals surface area (Å²) in [6.07, 6.45) is 13.5. The molecule has 2 aromatic rings. The number of carbonyl (C=O) groups excluding carboxylic acids is 1. The number of hydrogen-bond acceptors (Lipinski definition) is 6. The molecule has 0 aliphatic carbocycles. The maximum Gasteiger partial charge on any atom is 0.305 e. The summed E-state index contributed by atoms with van der Waals surface area (Å²) in [5, 5.41) is 11.3. The van der Waals surface area contributed by atoms with E-state index in [-0.39, 0.29) is 22.0 Å². The first-order valence-corrected chi connectivity index (χ1v) is 14.0. The largest absolute Gasteiger partial charge is 0.466 e. The molecule has 1 spiro atoms. The summed E-state index contributed by atoms with van der Waals surface area (Å²) in [7, 11) is 0. The zero-order chi connectivity index (χ0) is 27.2. The predicted molar refractivity (Wildman–Crippen MR) is 150 cm³/mol. The molecule has 1 atom stereocenters. The maximum absolute atomic E-state index is 11.4. The van der Waals surface area contributed by atoms with E-state index in [1.807, 2.05) is 13.0 Å². The third kappa shape index (κ3) is 5.57. The Kier molecular flexibility index (Phi) is 8.75. The van der Waals surface area contributed by atoms with Crippen molar-refractivity contribution >= 4 is 23.4 Å². The third-order valence-electron chi connectivity index (χ3n) is 7.94. The minimum absolute atomic E-state index is 0.0674. The van der Waals surface area contributed by atoms with Crippen molar-refractivity contribution < 1.29 is 19.2 Å². The number of unbranched alkanes of at least 4 members (excludes halogenated alkanes) is 7. The number of hydrogen-bond donors (Lipinski definition) is 0. The van der Waals surface area contributed by atoms with E-state index >= 15 is 0 Å². The summed E-state index contributed by atoms with van der Waals surface area (Å²) in [5.41, 5.74) is 2.23. The number of para-hydroxylation sites is 1. The molecule has 0 fully saturated rings. The van der Waals surface area contributed by atoms with Gasteiger partial charge >= 0.3 is 5.97 Å². The molecule has 204 valence electrons. The first-order chi connectivity index (χ1) is 18.3. The highest BCUT2D eigenvalue weighted by molar-refractivity contribution is 5.73. The Balaban J connectivity index is 1.35. The van der Waals surface area contributed by atoms with Crippen LogP contribution in [-0.2, 0) is 14.9 Å². The second kappa shape index (κ2) is 12.0. The van der Waals surface area contributed by atoms with Crippen molar-refractivity contribution in [1.82, 2.24) is 0 Å². The highest BCUT2D eigenvalue weighted by atomic mass is 16.6. The number of fused-ring (bicyclic) bond motifs is 2. The Morgan fingerprint density at radius 2 is 1.68 bits per heavy atom. The number of rotatable bonds is 13. The lowest BCUT2D eigenvalue weighted by molar-refractivity contribution is -0.384. The summed E-state index contributed by atoms with van der Waals surface area (Å²) >= 11 is 0. The molecule has 38 heavy (non-hydrogen) atoms. The van der Waals surface area contributed by atoms with Gasteiger partial charge < -0.3 is 14.4 Å². The van der Waals surface area contributed by atoms with Crippen molar-refractivity contribution in [2.75, 3.05) is 18.1 Å². The van der Waals surface area contributed by atoms with Gasteiger partial charge in [-0.05, 0) is 63.5 Å². The molecule has 2 aromatic carbocycles. The summed E-state index contributed by atoms with van der Waals surface area (Å²) in [6, 6.07) is 13.3. The van der Waals surface area contributed by atoms with Crippen LogP contribution in [0.15, 0.2) is 48.5 Å². The van der Waals surface area contributed by atoms with E-state index in [1.54, 1.807) is 12.1 Å². The average molecular weight is 521 g/mol. The summed E-state index contributed by atoms with van der Waals surface area (Å²) in [4.78, 5) is 24.7. The lowest BCUT2D eigenvalue weighted by atomic mass is 9.76. The van der Waals surface area contributed by atoms with Gasteiger partial charge in [-0.25, -0.2) is 0 Å². The SMILES string of the molecule is CCOC(=O)CCCCCCCCCCN1c2ccccc2C(C)(C)C12C=Cc1cc([N+](=O)[O-])ccc1O2. The Hall–Kier alpha value is -3.35. The zero-order valence-electron chi connectivity index (χ0n) is 22.9. The van der Waals surface area contributed by atoms with Gasteiger partial charge in [-0.15, -0.1) is 0 Å². The molecule has 7 heteroatoms. The number of nitrogens with zero attached hydrogens (tertiary/aromatic N) is 2. The second-order valence-electron chi connectivity index (χ2n) is 10.8. The van der Waals surface area contributed by atoms with Gasteiger partial charge in [0.2, 0.25) is 5.72 Å². The molecule has 0 saturated carbocycles. The van der Waals surface area contributed by atoms with Crippen LogP contribution in [0.5, 0.6) is 5.75 Å². The van der Waals surface area contributed by atoms with Crippen molar-refractivity contribution in [2.24, 2.45) is 0 Å². The summed E-state index contributed by atoms with van der Waals surface area (Å²) in [6.45, 7) is 7.60. The lowest BCUT2D eigenvalue weighted by Crippen LogP contribution is -2.59. The van der Waals surface area contributed by atoms with Crippen molar-refractivity contribution in [3.8, 4) is 5.75 Å². The highest BCUT2D eigenvalue weighted by Gasteiger charge is 2.58. The van der Waals surface area contributed by atoms with Crippen LogP contribution in [0, 0.1) is 10.1 Å². The van der Waals surface area contributed by atoms with E-state index in [4.69, 9.17) is 9.47 Å². The Morgan fingerprint density at radius 3 is 2.39 bits per heavy atom. The number of benzene rings is 2. The molecule has 0 aromatic heterocycles. The second-order valence-corrected chi connectivity index (χ2v) is 10.8. The van der Waals surface area contributed by atoms with Crippen molar-refractivity contribution in [3.63, 3.8) is 0 Å². The van der Waals surface area contributed by atoms with Gasteiger partial charge in [-0.3, -0.25) is 14.9 Å². The van der Waals surface area contributed by atoms with Crippen LogP contribution < -0.4 is 9.64 Å². The van der Waals surface area contributed by atoms with E-state index in [0.29, 0.717) is 18.8 Å². The molecule has 0 N–H and O–H groups in total. The van der Waals surface area contributed by atoms with Crippen LogP contribution in [0.1, 0.15) is 89.7 Å². The monoisotopic (exact) mass is 520 g/mol. The average Bonchev–Trinajstić information content (AvgIpc) is 3.08. The zero-order valence-corrected chi connectivity index (χ0v) is 22.9. The first kappa shape index (κ1) is 27.7. The fraction of sp³-hybridized carbons (Fsp3) is 0.516. The number of esters is 1. The number of nitro groups is 1. The van der Waals surface area contributed by atoms with E-state index < -0.39 is 5.72 Å². The molecular weight excluding hydrogens is 480 g/mol. The van der Waals surface area contributed by atoms with E-state index in [2.05, 4.69) is 49.1 Å². The van der Waals surface area contributed by atoms with Crippen LogP contribution in [0.4, 0.5) is 11.4 Å². The smallest absolute Gasteiger partial charge is 0.305 e. The van der Waals surface area contributed by atoms with Gasteiger partial charge in [-0.2, -0.15) is 0 Å².